The average Bonchev–Trinajstić information content (AvgIpc) is 2.78. The van der Waals surface area contributed by atoms with Gasteiger partial charge in [0.25, 0.3) is 0 Å². The van der Waals surface area contributed by atoms with Crippen molar-refractivity contribution in [3.05, 3.63) is 35.9 Å². The van der Waals surface area contributed by atoms with Crippen molar-refractivity contribution < 1.29 is 0 Å². The number of nitrogens with zero attached hydrogens (tertiary/aromatic N) is 1. The maximum Gasteiger partial charge on any atom is 0.0672 e. The molecule has 0 amide bonds. The van der Waals surface area contributed by atoms with Gasteiger partial charge in [0, 0.05) is 6.04 Å². The molecule has 2 rings (SSSR count). The van der Waals surface area contributed by atoms with Gasteiger partial charge >= 0.3 is 0 Å². The van der Waals surface area contributed by atoms with Crippen LogP contribution in [0.4, 0.5) is 0 Å². The first-order valence-electron chi connectivity index (χ1n) is 6.07. The summed E-state index contributed by atoms with van der Waals surface area (Å²) in [5, 5.41) is 12.5. The van der Waals surface area contributed by atoms with E-state index in [1.54, 1.807) is 0 Å². The smallest absolute Gasteiger partial charge is 0.0672 e. The fourth-order valence-electron chi connectivity index (χ4n) is 2.41. The molecule has 2 heteroatoms. The Balaban J connectivity index is 1.74. The number of benzene rings is 1. The van der Waals surface area contributed by atoms with E-state index in [4.69, 9.17) is 5.26 Å². The van der Waals surface area contributed by atoms with Gasteiger partial charge in [0.2, 0.25) is 0 Å². The van der Waals surface area contributed by atoms with Gasteiger partial charge in [0.15, 0.2) is 0 Å². The fourth-order valence-corrected chi connectivity index (χ4v) is 2.41. The van der Waals surface area contributed by atoms with Gasteiger partial charge in [-0.2, -0.15) is 5.26 Å². The van der Waals surface area contributed by atoms with E-state index in [-0.39, 0.29) is 5.92 Å². The third-order valence-corrected chi connectivity index (χ3v) is 3.34. The lowest BCUT2D eigenvalue weighted by Crippen LogP contribution is -2.33. The molecule has 0 aromatic heterocycles. The topological polar surface area (TPSA) is 35.8 Å². The van der Waals surface area contributed by atoms with Crippen LogP contribution in [-0.2, 0) is 6.42 Å². The number of nitrogens with one attached hydrogen (secondary N) is 1. The SMILES string of the molecule is N#CC1CCCC1NCCc1ccccc1. The quantitative estimate of drug-likeness (QED) is 0.836. The summed E-state index contributed by atoms with van der Waals surface area (Å²) in [6.07, 6.45) is 4.48. The van der Waals surface area contributed by atoms with E-state index in [9.17, 15) is 0 Å². The standard InChI is InChI=1S/C14H18N2/c15-11-13-7-4-8-14(13)16-10-9-12-5-2-1-3-6-12/h1-3,5-6,13-14,16H,4,7-10H2. The van der Waals surface area contributed by atoms with Gasteiger partial charge in [-0.1, -0.05) is 36.8 Å². The first-order chi connectivity index (χ1) is 7.90. The third kappa shape index (κ3) is 2.84. The lowest BCUT2D eigenvalue weighted by Gasteiger charge is -2.15. The second kappa shape index (κ2) is 5.67. The predicted molar refractivity (Wildman–Crippen MR) is 64.9 cm³/mol. The van der Waals surface area contributed by atoms with Crippen LogP contribution in [0, 0.1) is 17.2 Å². The fraction of sp³-hybridized carbons (Fsp3) is 0.500. The molecule has 1 N–H and O–H groups in total. The Morgan fingerprint density at radius 3 is 2.81 bits per heavy atom. The monoisotopic (exact) mass is 214 g/mol. The lowest BCUT2D eigenvalue weighted by atomic mass is 10.1. The molecule has 0 heterocycles. The molecule has 16 heavy (non-hydrogen) atoms. The second-order valence-corrected chi connectivity index (χ2v) is 4.46. The van der Waals surface area contributed by atoms with Crippen molar-refractivity contribution in [1.29, 1.82) is 5.26 Å². The maximum atomic E-state index is 8.96. The molecule has 1 aromatic carbocycles. The maximum absolute atomic E-state index is 8.96. The molecule has 1 fully saturated rings. The highest BCUT2D eigenvalue weighted by Gasteiger charge is 2.25. The zero-order valence-electron chi connectivity index (χ0n) is 9.52. The normalized spacial score (nSPS) is 24.2. The van der Waals surface area contributed by atoms with Crippen LogP contribution >= 0.6 is 0 Å². The van der Waals surface area contributed by atoms with E-state index in [1.807, 2.05) is 6.07 Å². The molecule has 0 spiro atoms. The summed E-state index contributed by atoms with van der Waals surface area (Å²) in [5.41, 5.74) is 1.36. The third-order valence-electron chi connectivity index (χ3n) is 3.34. The van der Waals surface area contributed by atoms with Gasteiger partial charge in [0.05, 0.1) is 12.0 Å². The Morgan fingerprint density at radius 1 is 1.25 bits per heavy atom. The number of nitriles is 1. The Morgan fingerprint density at radius 2 is 2.06 bits per heavy atom. The molecule has 1 saturated carbocycles. The highest BCUT2D eigenvalue weighted by Crippen LogP contribution is 2.24. The first-order valence-corrected chi connectivity index (χ1v) is 6.07. The van der Waals surface area contributed by atoms with Crippen LogP contribution < -0.4 is 5.32 Å². The van der Waals surface area contributed by atoms with Crippen molar-refractivity contribution in [2.45, 2.75) is 31.7 Å². The van der Waals surface area contributed by atoms with Crippen molar-refractivity contribution >= 4 is 0 Å². The van der Waals surface area contributed by atoms with Gasteiger partial charge in [0.1, 0.15) is 0 Å². The predicted octanol–water partition coefficient (Wildman–Crippen LogP) is 2.51. The van der Waals surface area contributed by atoms with Crippen molar-refractivity contribution in [2.75, 3.05) is 6.54 Å². The van der Waals surface area contributed by atoms with E-state index >= 15 is 0 Å². The summed E-state index contributed by atoms with van der Waals surface area (Å²) in [6, 6.07) is 13.3. The Hall–Kier alpha value is -1.33. The number of hydrogen-bond donors (Lipinski definition) is 1. The molecule has 2 unspecified atom stereocenters. The van der Waals surface area contributed by atoms with Gasteiger partial charge in [-0.25, -0.2) is 0 Å². The molecular formula is C14H18N2. The molecule has 2 atom stereocenters. The minimum Gasteiger partial charge on any atom is -0.312 e. The number of hydrogen-bond acceptors (Lipinski definition) is 2. The van der Waals surface area contributed by atoms with Gasteiger partial charge in [-0.3, -0.25) is 0 Å². The van der Waals surface area contributed by atoms with Crippen LogP contribution in [-0.4, -0.2) is 12.6 Å². The van der Waals surface area contributed by atoms with Crippen molar-refractivity contribution in [2.24, 2.45) is 5.92 Å². The van der Waals surface area contributed by atoms with Crippen LogP contribution in [0.15, 0.2) is 30.3 Å². The minimum atomic E-state index is 0.232. The summed E-state index contributed by atoms with van der Waals surface area (Å²) in [7, 11) is 0. The zero-order valence-corrected chi connectivity index (χ0v) is 9.52. The Kier molecular flexibility index (Phi) is 3.96. The molecule has 0 saturated heterocycles. The van der Waals surface area contributed by atoms with E-state index in [2.05, 4.69) is 35.7 Å². The van der Waals surface area contributed by atoms with Crippen LogP contribution in [0.1, 0.15) is 24.8 Å². The van der Waals surface area contributed by atoms with Gasteiger partial charge in [-0.15, -0.1) is 0 Å². The molecule has 1 aromatic rings. The molecule has 84 valence electrons. The van der Waals surface area contributed by atoms with Crippen molar-refractivity contribution in [3.63, 3.8) is 0 Å². The van der Waals surface area contributed by atoms with Crippen LogP contribution in [0.25, 0.3) is 0 Å². The van der Waals surface area contributed by atoms with E-state index in [0.29, 0.717) is 6.04 Å². The van der Waals surface area contributed by atoms with Crippen LogP contribution in [0.2, 0.25) is 0 Å². The molecular weight excluding hydrogens is 196 g/mol. The van der Waals surface area contributed by atoms with Crippen LogP contribution in [0.3, 0.4) is 0 Å². The van der Waals surface area contributed by atoms with Crippen molar-refractivity contribution in [3.8, 4) is 6.07 Å². The number of rotatable bonds is 4. The second-order valence-electron chi connectivity index (χ2n) is 4.46. The molecule has 2 nitrogen and oxygen atoms in total. The average molecular weight is 214 g/mol. The molecule has 1 aliphatic carbocycles. The summed E-state index contributed by atoms with van der Waals surface area (Å²) in [4.78, 5) is 0. The van der Waals surface area contributed by atoms with E-state index in [1.165, 1.54) is 12.0 Å². The molecule has 0 bridgehead atoms. The summed E-state index contributed by atoms with van der Waals surface area (Å²) >= 11 is 0. The Labute approximate surface area is 97.3 Å². The largest absolute Gasteiger partial charge is 0.312 e. The summed E-state index contributed by atoms with van der Waals surface area (Å²) < 4.78 is 0. The highest BCUT2D eigenvalue weighted by atomic mass is 14.9. The van der Waals surface area contributed by atoms with Gasteiger partial charge < -0.3 is 5.32 Å². The summed E-state index contributed by atoms with van der Waals surface area (Å²) in [6.45, 7) is 0.979. The molecule has 0 radical (unpaired) electrons. The van der Waals surface area contributed by atoms with Gasteiger partial charge in [-0.05, 0) is 31.4 Å². The van der Waals surface area contributed by atoms with E-state index in [0.717, 1.165) is 25.8 Å². The van der Waals surface area contributed by atoms with Crippen LogP contribution in [0.5, 0.6) is 0 Å². The summed E-state index contributed by atoms with van der Waals surface area (Å²) in [5.74, 6) is 0.232. The zero-order chi connectivity index (χ0) is 11.2. The first kappa shape index (κ1) is 11.2. The molecule has 0 aliphatic heterocycles. The highest BCUT2D eigenvalue weighted by molar-refractivity contribution is 5.14. The van der Waals surface area contributed by atoms with E-state index < -0.39 is 0 Å². The molecule has 1 aliphatic rings. The van der Waals surface area contributed by atoms with Crippen molar-refractivity contribution in [1.82, 2.24) is 5.32 Å². The lowest BCUT2D eigenvalue weighted by molar-refractivity contribution is 0.468. The Bertz CT molecular complexity index is 353. The minimum absolute atomic E-state index is 0.232.